The zero-order chi connectivity index (χ0) is 16.4. The molecule has 2 aromatic rings. The fourth-order valence-electron chi connectivity index (χ4n) is 2.90. The van der Waals surface area contributed by atoms with Gasteiger partial charge in [0.05, 0.1) is 5.56 Å². The number of hydrogen-bond acceptors (Lipinski definition) is 5. The van der Waals surface area contributed by atoms with Crippen LogP contribution in [0.4, 0.5) is 11.6 Å². The van der Waals surface area contributed by atoms with Crippen LogP contribution in [0.15, 0.2) is 42.7 Å². The van der Waals surface area contributed by atoms with Crippen LogP contribution in [-0.2, 0) is 0 Å². The fraction of sp³-hybridized carbons (Fsp3) is 0.389. The van der Waals surface area contributed by atoms with E-state index >= 15 is 0 Å². The number of anilines is 2. The van der Waals surface area contributed by atoms with E-state index in [-0.39, 0.29) is 5.91 Å². The van der Waals surface area contributed by atoms with Crippen LogP contribution in [0.25, 0.3) is 0 Å². The predicted octanol–water partition coefficient (Wildman–Crippen LogP) is 1.70. The maximum atomic E-state index is 12.0. The minimum absolute atomic E-state index is 0.0713. The standard InChI is InChI=1S/C18H21N5O/c24-17(21-15-6-7-15)14-12-19-18(20-13-14)23-10-8-22(9-11-23)16-4-2-1-3-5-16/h1-5,12-13,15H,6-11H2,(H,21,24). The molecule has 0 spiro atoms. The fourth-order valence-corrected chi connectivity index (χ4v) is 2.90. The van der Waals surface area contributed by atoms with Crippen LogP contribution in [0.3, 0.4) is 0 Å². The van der Waals surface area contributed by atoms with Gasteiger partial charge in [0.25, 0.3) is 5.91 Å². The van der Waals surface area contributed by atoms with Crippen LogP contribution < -0.4 is 15.1 Å². The molecular formula is C18H21N5O. The van der Waals surface area contributed by atoms with Crippen LogP contribution in [0.2, 0.25) is 0 Å². The number of nitrogens with one attached hydrogen (secondary N) is 1. The summed E-state index contributed by atoms with van der Waals surface area (Å²) in [7, 11) is 0. The van der Waals surface area contributed by atoms with Crippen LogP contribution in [-0.4, -0.2) is 48.1 Å². The Labute approximate surface area is 141 Å². The number of carbonyl (C=O) groups is 1. The first-order valence-corrected chi connectivity index (χ1v) is 8.47. The molecule has 124 valence electrons. The van der Waals surface area contributed by atoms with E-state index < -0.39 is 0 Å². The Bertz CT molecular complexity index is 691. The Morgan fingerprint density at radius 3 is 2.21 bits per heavy atom. The molecular weight excluding hydrogens is 302 g/mol. The average molecular weight is 323 g/mol. The second kappa shape index (κ2) is 6.47. The molecule has 1 saturated heterocycles. The third-order valence-corrected chi connectivity index (χ3v) is 4.50. The van der Waals surface area contributed by atoms with Gasteiger partial charge in [-0.25, -0.2) is 9.97 Å². The molecule has 1 aliphatic heterocycles. The van der Waals surface area contributed by atoms with Crippen molar-refractivity contribution < 1.29 is 4.79 Å². The Kier molecular flexibility index (Phi) is 4.02. The molecule has 2 aliphatic rings. The van der Waals surface area contributed by atoms with E-state index in [4.69, 9.17) is 0 Å². The lowest BCUT2D eigenvalue weighted by Crippen LogP contribution is -2.47. The van der Waals surface area contributed by atoms with Gasteiger partial charge in [-0.1, -0.05) is 18.2 Å². The van der Waals surface area contributed by atoms with E-state index in [0.717, 1.165) is 39.0 Å². The Morgan fingerprint density at radius 1 is 0.958 bits per heavy atom. The van der Waals surface area contributed by atoms with Crippen LogP contribution >= 0.6 is 0 Å². The summed E-state index contributed by atoms with van der Waals surface area (Å²) in [5.74, 6) is 0.628. The molecule has 0 atom stereocenters. The molecule has 1 saturated carbocycles. The van der Waals surface area contributed by atoms with Gasteiger partial charge in [-0.15, -0.1) is 0 Å². The van der Waals surface area contributed by atoms with E-state index in [1.807, 2.05) is 6.07 Å². The van der Waals surface area contributed by atoms with Crippen molar-refractivity contribution in [1.29, 1.82) is 0 Å². The molecule has 1 aromatic carbocycles. The van der Waals surface area contributed by atoms with Gasteiger partial charge in [-0.3, -0.25) is 4.79 Å². The number of carbonyl (C=O) groups excluding carboxylic acids is 1. The Balaban J connectivity index is 1.36. The Morgan fingerprint density at radius 2 is 1.58 bits per heavy atom. The molecule has 24 heavy (non-hydrogen) atoms. The lowest BCUT2D eigenvalue weighted by Gasteiger charge is -2.36. The number of amides is 1. The molecule has 0 radical (unpaired) electrons. The number of nitrogens with zero attached hydrogens (tertiary/aromatic N) is 4. The minimum Gasteiger partial charge on any atom is -0.368 e. The highest BCUT2D eigenvalue weighted by Gasteiger charge is 2.24. The van der Waals surface area contributed by atoms with Crippen molar-refractivity contribution in [2.75, 3.05) is 36.0 Å². The molecule has 0 unspecified atom stereocenters. The van der Waals surface area contributed by atoms with Crippen molar-refractivity contribution in [2.45, 2.75) is 18.9 Å². The van der Waals surface area contributed by atoms with Gasteiger partial charge in [0.2, 0.25) is 5.95 Å². The second-order valence-electron chi connectivity index (χ2n) is 6.33. The van der Waals surface area contributed by atoms with E-state index in [2.05, 4.69) is 49.4 Å². The maximum Gasteiger partial charge on any atom is 0.254 e. The Hall–Kier alpha value is -2.63. The van der Waals surface area contributed by atoms with Crippen molar-refractivity contribution in [3.05, 3.63) is 48.3 Å². The first-order chi connectivity index (χ1) is 11.8. The minimum atomic E-state index is -0.0713. The summed E-state index contributed by atoms with van der Waals surface area (Å²) in [5.41, 5.74) is 1.79. The van der Waals surface area contributed by atoms with Crippen LogP contribution in [0.1, 0.15) is 23.2 Å². The number of benzene rings is 1. The number of piperazine rings is 1. The third-order valence-electron chi connectivity index (χ3n) is 4.50. The highest BCUT2D eigenvalue weighted by molar-refractivity contribution is 5.94. The van der Waals surface area contributed by atoms with Gasteiger partial charge >= 0.3 is 0 Å². The highest BCUT2D eigenvalue weighted by Crippen LogP contribution is 2.20. The molecule has 4 rings (SSSR count). The van der Waals surface area contributed by atoms with Crippen LogP contribution in [0.5, 0.6) is 0 Å². The summed E-state index contributed by atoms with van der Waals surface area (Å²) in [6, 6.07) is 10.8. The summed E-state index contributed by atoms with van der Waals surface area (Å²) in [5, 5.41) is 2.95. The topological polar surface area (TPSA) is 61.4 Å². The second-order valence-corrected chi connectivity index (χ2v) is 6.33. The average Bonchev–Trinajstić information content (AvgIpc) is 3.47. The number of rotatable bonds is 4. The van der Waals surface area contributed by atoms with Gasteiger partial charge in [-0.05, 0) is 25.0 Å². The molecule has 2 heterocycles. The third kappa shape index (κ3) is 3.32. The lowest BCUT2D eigenvalue weighted by molar-refractivity contribution is 0.0950. The molecule has 0 bridgehead atoms. The zero-order valence-electron chi connectivity index (χ0n) is 13.6. The van der Waals surface area contributed by atoms with Crippen molar-refractivity contribution in [2.24, 2.45) is 0 Å². The van der Waals surface area contributed by atoms with Gasteiger partial charge < -0.3 is 15.1 Å². The maximum absolute atomic E-state index is 12.0. The molecule has 1 amide bonds. The summed E-state index contributed by atoms with van der Waals surface area (Å²) in [4.78, 5) is 25.3. The van der Waals surface area contributed by atoms with Crippen molar-refractivity contribution >= 4 is 17.5 Å². The van der Waals surface area contributed by atoms with Gasteiger partial charge in [0.15, 0.2) is 0 Å². The summed E-state index contributed by atoms with van der Waals surface area (Å²) in [6.45, 7) is 3.64. The molecule has 1 aromatic heterocycles. The van der Waals surface area contributed by atoms with Crippen molar-refractivity contribution in [3.8, 4) is 0 Å². The van der Waals surface area contributed by atoms with E-state index in [0.29, 0.717) is 17.6 Å². The lowest BCUT2D eigenvalue weighted by atomic mass is 10.2. The normalized spacial score (nSPS) is 17.7. The SMILES string of the molecule is O=C(NC1CC1)c1cnc(N2CCN(c3ccccc3)CC2)nc1. The number of para-hydroxylation sites is 1. The quantitative estimate of drug-likeness (QED) is 0.928. The number of hydrogen-bond donors (Lipinski definition) is 1. The summed E-state index contributed by atoms with van der Waals surface area (Å²) < 4.78 is 0. The van der Waals surface area contributed by atoms with Gasteiger partial charge in [0, 0.05) is 50.3 Å². The molecule has 1 N–H and O–H groups in total. The van der Waals surface area contributed by atoms with Crippen LogP contribution in [0, 0.1) is 0 Å². The van der Waals surface area contributed by atoms with Crippen molar-refractivity contribution in [1.82, 2.24) is 15.3 Å². The van der Waals surface area contributed by atoms with E-state index in [1.165, 1.54) is 5.69 Å². The highest BCUT2D eigenvalue weighted by atomic mass is 16.1. The van der Waals surface area contributed by atoms with Crippen molar-refractivity contribution in [3.63, 3.8) is 0 Å². The molecule has 2 fully saturated rings. The van der Waals surface area contributed by atoms with Gasteiger partial charge in [-0.2, -0.15) is 0 Å². The smallest absolute Gasteiger partial charge is 0.254 e. The summed E-state index contributed by atoms with van der Waals surface area (Å²) >= 11 is 0. The van der Waals surface area contributed by atoms with E-state index in [9.17, 15) is 4.79 Å². The number of aromatic nitrogens is 2. The first-order valence-electron chi connectivity index (χ1n) is 8.47. The molecule has 6 heteroatoms. The zero-order valence-corrected chi connectivity index (χ0v) is 13.6. The van der Waals surface area contributed by atoms with E-state index in [1.54, 1.807) is 12.4 Å². The molecule has 6 nitrogen and oxygen atoms in total. The first kappa shape index (κ1) is 14.9. The predicted molar refractivity (Wildman–Crippen MR) is 93.4 cm³/mol. The molecule has 1 aliphatic carbocycles. The monoisotopic (exact) mass is 323 g/mol. The largest absolute Gasteiger partial charge is 0.368 e. The van der Waals surface area contributed by atoms with Gasteiger partial charge in [0.1, 0.15) is 0 Å². The summed E-state index contributed by atoms with van der Waals surface area (Å²) in [6.07, 6.45) is 5.42.